The van der Waals surface area contributed by atoms with Crippen molar-refractivity contribution in [2.24, 2.45) is 5.73 Å². The number of hydrogen-bond donors (Lipinski definition) is 2. The summed E-state index contributed by atoms with van der Waals surface area (Å²) in [4.78, 5) is 4.01. The normalized spacial score (nSPS) is 26.4. The van der Waals surface area contributed by atoms with Gasteiger partial charge in [-0.25, -0.2) is 4.98 Å². The van der Waals surface area contributed by atoms with Crippen LogP contribution in [0.5, 0.6) is 0 Å². The third-order valence-electron chi connectivity index (χ3n) is 2.59. The SMILES string of the molecule is NC1CCC(Nc2cccnc2Cl)C1. The minimum atomic E-state index is 0.336. The number of hydrogen-bond acceptors (Lipinski definition) is 3. The van der Waals surface area contributed by atoms with Crippen molar-refractivity contribution in [2.45, 2.75) is 31.3 Å². The van der Waals surface area contributed by atoms with Crippen LogP contribution in [-0.2, 0) is 0 Å². The average Bonchev–Trinajstić information content (AvgIpc) is 2.56. The van der Waals surface area contributed by atoms with E-state index in [4.69, 9.17) is 17.3 Å². The van der Waals surface area contributed by atoms with Gasteiger partial charge in [0.1, 0.15) is 0 Å². The summed E-state index contributed by atoms with van der Waals surface area (Å²) in [6, 6.07) is 4.61. The molecule has 1 heterocycles. The minimum Gasteiger partial charge on any atom is -0.380 e. The molecular weight excluding hydrogens is 198 g/mol. The largest absolute Gasteiger partial charge is 0.380 e. The van der Waals surface area contributed by atoms with Gasteiger partial charge in [0.05, 0.1) is 5.69 Å². The topological polar surface area (TPSA) is 50.9 Å². The molecule has 14 heavy (non-hydrogen) atoms. The molecule has 0 aromatic carbocycles. The summed E-state index contributed by atoms with van der Waals surface area (Å²) >= 11 is 5.93. The molecule has 76 valence electrons. The number of nitrogens with zero attached hydrogens (tertiary/aromatic N) is 1. The maximum Gasteiger partial charge on any atom is 0.152 e. The smallest absolute Gasteiger partial charge is 0.152 e. The third kappa shape index (κ3) is 2.16. The molecule has 1 aromatic heterocycles. The fourth-order valence-corrected chi connectivity index (χ4v) is 2.04. The van der Waals surface area contributed by atoms with Crippen molar-refractivity contribution in [1.82, 2.24) is 4.98 Å². The van der Waals surface area contributed by atoms with Gasteiger partial charge in [0.15, 0.2) is 5.15 Å². The van der Waals surface area contributed by atoms with Crippen LogP contribution in [0.2, 0.25) is 5.15 Å². The zero-order valence-electron chi connectivity index (χ0n) is 7.91. The number of anilines is 1. The van der Waals surface area contributed by atoms with Gasteiger partial charge in [-0.1, -0.05) is 11.6 Å². The molecule has 2 rings (SSSR count). The Morgan fingerprint density at radius 3 is 3.00 bits per heavy atom. The molecular formula is C10H14ClN3. The second-order valence-corrected chi connectivity index (χ2v) is 4.11. The lowest BCUT2D eigenvalue weighted by molar-refractivity contribution is 0.688. The molecule has 0 saturated heterocycles. The fourth-order valence-electron chi connectivity index (χ4n) is 1.86. The minimum absolute atomic E-state index is 0.336. The van der Waals surface area contributed by atoms with Crippen LogP contribution in [-0.4, -0.2) is 17.1 Å². The summed E-state index contributed by atoms with van der Waals surface area (Å²) in [6.45, 7) is 0. The number of halogens is 1. The monoisotopic (exact) mass is 211 g/mol. The van der Waals surface area contributed by atoms with Gasteiger partial charge in [-0.2, -0.15) is 0 Å². The lowest BCUT2D eigenvalue weighted by Gasteiger charge is -2.14. The van der Waals surface area contributed by atoms with E-state index in [9.17, 15) is 0 Å². The number of aromatic nitrogens is 1. The Labute approximate surface area is 88.7 Å². The highest BCUT2D eigenvalue weighted by atomic mass is 35.5. The molecule has 1 saturated carbocycles. The van der Waals surface area contributed by atoms with E-state index in [1.54, 1.807) is 6.20 Å². The Morgan fingerprint density at radius 1 is 1.50 bits per heavy atom. The van der Waals surface area contributed by atoms with Gasteiger partial charge in [0, 0.05) is 18.3 Å². The summed E-state index contributed by atoms with van der Waals surface area (Å²) in [6.07, 6.45) is 4.92. The first-order valence-corrected chi connectivity index (χ1v) is 5.26. The predicted molar refractivity (Wildman–Crippen MR) is 58.5 cm³/mol. The van der Waals surface area contributed by atoms with Gasteiger partial charge in [-0.05, 0) is 31.4 Å². The van der Waals surface area contributed by atoms with E-state index in [0.29, 0.717) is 17.2 Å². The van der Waals surface area contributed by atoms with Gasteiger partial charge in [-0.3, -0.25) is 0 Å². The second-order valence-electron chi connectivity index (χ2n) is 3.76. The molecule has 0 bridgehead atoms. The van der Waals surface area contributed by atoms with E-state index in [1.807, 2.05) is 12.1 Å². The molecule has 0 amide bonds. The Bertz CT molecular complexity index is 316. The van der Waals surface area contributed by atoms with Gasteiger partial charge >= 0.3 is 0 Å². The zero-order valence-corrected chi connectivity index (χ0v) is 8.67. The van der Waals surface area contributed by atoms with Crippen molar-refractivity contribution in [3.05, 3.63) is 23.5 Å². The van der Waals surface area contributed by atoms with Crippen LogP contribution in [0.4, 0.5) is 5.69 Å². The van der Waals surface area contributed by atoms with E-state index in [1.165, 1.54) is 0 Å². The first kappa shape index (κ1) is 9.74. The van der Waals surface area contributed by atoms with Gasteiger partial charge < -0.3 is 11.1 Å². The van der Waals surface area contributed by atoms with Crippen LogP contribution >= 0.6 is 11.6 Å². The van der Waals surface area contributed by atoms with Crippen molar-refractivity contribution in [3.63, 3.8) is 0 Å². The molecule has 0 spiro atoms. The Morgan fingerprint density at radius 2 is 2.36 bits per heavy atom. The van der Waals surface area contributed by atoms with Crippen LogP contribution < -0.4 is 11.1 Å². The molecule has 1 aliphatic rings. The van der Waals surface area contributed by atoms with Crippen molar-refractivity contribution < 1.29 is 0 Å². The quantitative estimate of drug-likeness (QED) is 0.736. The van der Waals surface area contributed by atoms with Crippen molar-refractivity contribution in [2.75, 3.05) is 5.32 Å². The lowest BCUT2D eigenvalue weighted by Crippen LogP contribution is -2.20. The fraction of sp³-hybridized carbons (Fsp3) is 0.500. The number of pyridine rings is 1. The molecule has 3 N–H and O–H groups in total. The summed E-state index contributed by atoms with van der Waals surface area (Å²) in [7, 11) is 0. The molecule has 3 nitrogen and oxygen atoms in total. The van der Waals surface area contributed by atoms with Crippen LogP contribution in [0, 0.1) is 0 Å². The summed E-state index contributed by atoms with van der Waals surface area (Å²) in [5.74, 6) is 0. The van der Waals surface area contributed by atoms with E-state index in [-0.39, 0.29) is 0 Å². The maximum absolute atomic E-state index is 5.93. The van der Waals surface area contributed by atoms with E-state index in [2.05, 4.69) is 10.3 Å². The summed E-state index contributed by atoms with van der Waals surface area (Å²) < 4.78 is 0. The molecule has 0 radical (unpaired) electrons. The van der Waals surface area contributed by atoms with Crippen molar-refractivity contribution >= 4 is 17.3 Å². The standard InChI is InChI=1S/C10H14ClN3/c11-10-9(2-1-5-13-10)14-8-4-3-7(12)6-8/h1-2,5,7-8,14H,3-4,6,12H2. The second kappa shape index (κ2) is 4.15. The number of nitrogens with two attached hydrogens (primary N) is 1. The number of nitrogens with one attached hydrogen (secondary N) is 1. The van der Waals surface area contributed by atoms with Crippen molar-refractivity contribution in [1.29, 1.82) is 0 Å². The van der Waals surface area contributed by atoms with Gasteiger partial charge in [0.25, 0.3) is 0 Å². The molecule has 1 aliphatic carbocycles. The Kier molecular flexibility index (Phi) is 2.89. The highest BCUT2D eigenvalue weighted by molar-refractivity contribution is 6.31. The third-order valence-corrected chi connectivity index (χ3v) is 2.89. The van der Waals surface area contributed by atoms with E-state index in [0.717, 1.165) is 24.9 Å². The molecule has 1 aromatic rings. The first-order valence-electron chi connectivity index (χ1n) is 4.88. The first-order chi connectivity index (χ1) is 6.75. The van der Waals surface area contributed by atoms with Crippen LogP contribution in [0.1, 0.15) is 19.3 Å². The predicted octanol–water partition coefficient (Wildman–Crippen LogP) is 2.03. The molecule has 2 unspecified atom stereocenters. The van der Waals surface area contributed by atoms with E-state index < -0.39 is 0 Å². The summed E-state index contributed by atoms with van der Waals surface area (Å²) in [5.41, 5.74) is 6.74. The Hall–Kier alpha value is -0.800. The molecule has 0 aliphatic heterocycles. The maximum atomic E-state index is 5.93. The summed E-state index contributed by atoms with van der Waals surface area (Å²) in [5, 5.41) is 3.90. The highest BCUT2D eigenvalue weighted by Gasteiger charge is 2.21. The van der Waals surface area contributed by atoms with Crippen LogP contribution in [0.15, 0.2) is 18.3 Å². The van der Waals surface area contributed by atoms with Crippen LogP contribution in [0.25, 0.3) is 0 Å². The van der Waals surface area contributed by atoms with E-state index >= 15 is 0 Å². The average molecular weight is 212 g/mol. The molecule has 4 heteroatoms. The Balaban J connectivity index is 2.01. The zero-order chi connectivity index (χ0) is 9.97. The van der Waals surface area contributed by atoms with Gasteiger partial charge in [0.2, 0.25) is 0 Å². The van der Waals surface area contributed by atoms with Crippen molar-refractivity contribution in [3.8, 4) is 0 Å². The molecule has 1 fully saturated rings. The van der Waals surface area contributed by atoms with Gasteiger partial charge in [-0.15, -0.1) is 0 Å². The highest BCUT2D eigenvalue weighted by Crippen LogP contribution is 2.24. The molecule has 2 atom stereocenters. The number of rotatable bonds is 2. The van der Waals surface area contributed by atoms with Crippen LogP contribution in [0.3, 0.4) is 0 Å². The lowest BCUT2D eigenvalue weighted by atomic mass is 10.2.